The van der Waals surface area contributed by atoms with Gasteiger partial charge in [0.25, 0.3) is 0 Å². The Kier molecular flexibility index (Phi) is 4.49. The van der Waals surface area contributed by atoms with Crippen LogP contribution in [0.25, 0.3) is 0 Å². The molecule has 3 atom stereocenters. The number of aromatic hydroxyl groups is 1. The largest absolute Gasteiger partial charge is 0.506 e. The highest BCUT2D eigenvalue weighted by atomic mass is 35.5. The standard InChI is InChI=1S/C20H22ClNO2/c21-20-15(8-4-9-17(20)23)13-22-11-5-10-18-16(22)12-19(24-18)14-6-2-1-3-7-14/h1-4,6-9,16,18-19,23H,5,10-13H2/t16-,18-,19-/m0/s1. The van der Waals surface area contributed by atoms with Crippen molar-refractivity contribution in [3.63, 3.8) is 0 Å². The molecule has 2 aliphatic heterocycles. The van der Waals surface area contributed by atoms with Crippen LogP contribution in [0.1, 0.15) is 36.5 Å². The van der Waals surface area contributed by atoms with Crippen molar-refractivity contribution < 1.29 is 9.84 Å². The number of halogens is 1. The third-order valence-corrected chi connectivity index (χ3v) is 5.67. The second-order valence-corrected chi connectivity index (χ2v) is 7.12. The molecule has 0 saturated carbocycles. The molecule has 126 valence electrons. The third-order valence-electron chi connectivity index (χ3n) is 5.23. The van der Waals surface area contributed by atoms with E-state index in [1.54, 1.807) is 6.07 Å². The maximum atomic E-state index is 9.83. The fraction of sp³-hybridized carbons (Fsp3) is 0.400. The van der Waals surface area contributed by atoms with Crippen LogP contribution in [0, 0.1) is 0 Å². The van der Waals surface area contributed by atoms with Gasteiger partial charge in [-0.05, 0) is 43.0 Å². The fourth-order valence-corrected chi connectivity index (χ4v) is 4.21. The molecule has 0 radical (unpaired) electrons. The molecule has 0 unspecified atom stereocenters. The summed E-state index contributed by atoms with van der Waals surface area (Å²) < 4.78 is 6.35. The highest BCUT2D eigenvalue weighted by Crippen LogP contribution is 2.40. The van der Waals surface area contributed by atoms with Crippen LogP contribution in [-0.2, 0) is 11.3 Å². The molecule has 4 heteroatoms. The molecule has 0 bridgehead atoms. The quantitative estimate of drug-likeness (QED) is 0.888. The molecule has 2 fully saturated rings. The van der Waals surface area contributed by atoms with E-state index in [1.165, 1.54) is 5.56 Å². The van der Waals surface area contributed by atoms with E-state index in [1.807, 2.05) is 18.2 Å². The number of phenolic OH excluding ortho intramolecular Hbond substituents is 1. The number of nitrogens with zero attached hydrogens (tertiary/aromatic N) is 1. The molecule has 2 aromatic carbocycles. The Bertz CT molecular complexity index is 706. The van der Waals surface area contributed by atoms with Crippen molar-refractivity contribution in [1.29, 1.82) is 0 Å². The molecular weight excluding hydrogens is 322 g/mol. The summed E-state index contributed by atoms with van der Waals surface area (Å²) in [5, 5.41) is 10.3. The van der Waals surface area contributed by atoms with Crippen molar-refractivity contribution in [2.75, 3.05) is 6.54 Å². The van der Waals surface area contributed by atoms with Gasteiger partial charge >= 0.3 is 0 Å². The molecule has 2 heterocycles. The number of rotatable bonds is 3. The lowest BCUT2D eigenvalue weighted by Crippen LogP contribution is -2.45. The van der Waals surface area contributed by atoms with Crippen LogP contribution in [0.3, 0.4) is 0 Å². The minimum absolute atomic E-state index is 0.160. The van der Waals surface area contributed by atoms with Gasteiger partial charge in [-0.25, -0.2) is 0 Å². The molecule has 2 aliphatic rings. The van der Waals surface area contributed by atoms with Crippen LogP contribution >= 0.6 is 11.6 Å². The number of ether oxygens (including phenoxy) is 1. The van der Waals surface area contributed by atoms with Gasteiger partial charge in [0.2, 0.25) is 0 Å². The second-order valence-electron chi connectivity index (χ2n) is 6.74. The first-order chi connectivity index (χ1) is 11.7. The van der Waals surface area contributed by atoms with E-state index < -0.39 is 0 Å². The van der Waals surface area contributed by atoms with E-state index in [2.05, 4.69) is 29.2 Å². The zero-order chi connectivity index (χ0) is 16.5. The van der Waals surface area contributed by atoms with Gasteiger partial charge in [0.05, 0.1) is 17.2 Å². The maximum Gasteiger partial charge on any atom is 0.134 e. The van der Waals surface area contributed by atoms with E-state index in [-0.39, 0.29) is 11.9 Å². The Labute approximate surface area is 147 Å². The summed E-state index contributed by atoms with van der Waals surface area (Å²) >= 11 is 6.27. The lowest BCUT2D eigenvalue weighted by atomic mass is 9.95. The van der Waals surface area contributed by atoms with Crippen molar-refractivity contribution in [3.05, 3.63) is 64.7 Å². The average molecular weight is 344 g/mol. The maximum absolute atomic E-state index is 9.83. The van der Waals surface area contributed by atoms with E-state index in [0.717, 1.165) is 37.9 Å². The molecule has 2 saturated heterocycles. The number of piperidine rings is 1. The molecular formula is C20H22ClNO2. The summed E-state index contributed by atoms with van der Waals surface area (Å²) in [5.41, 5.74) is 2.25. The summed E-state index contributed by atoms with van der Waals surface area (Å²) in [7, 11) is 0. The summed E-state index contributed by atoms with van der Waals surface area (Å²) in [5.74, 6) is 0.160. The minimum atomic E-state index is 0.160. The smallest absolute Gasteiger partial charge is 0.134 e. The molecule has 4 rings (SSSR count). The Morgan fingerprint density at radius 2 is 1.96 bits per heavy atom. The number of likely N-dealkylation sites (tertiary alicyclic amines) is 1. The van der Waals surface area contributed by atoms with Gasteiger partial charge in [-0.1, -0.05) is 54.1 Å². The number of benzene rings is 2. The van der Waals surface area contributed by atoms with Crippen LogP contribution in [0.5, 0.6) is 5.75 Å². The van der Waals surface area contributed by atoms with Gasteiger partial charge in [-0.2, -0.15) is 0 Å². The SMILES string of the molecule is Oc1cccc(CN2CCC[C@@H]3O[C@H](c4ccccc4)C[C@@H]32)c1Cl. The first kappa shape index (κ1) is 15.9. The van der Waals surface area contributed by atoms with Gasteiger partial charge in [-0.3, -0.25) is 4.90 Å². The van der Waals surface area contributed by atoms with Gasteiger partial charge in [0.15, 0.2) is 0 Å². The number of fused-ring (bicyclic) bond motifs is 1. The van der Waals surface area contributed by atoms with Gasteiger partial charge in [-0.15, -0.1) is 0 Å². The molecule has 24 heavy (non-hydrogen) atoms. The Balaban J connectivity index is 1.52. The van der Waals surface area contributed by atoms with Gasteiger partial charge in [0, 0.05) is 12.6 Å². The zero-order valence-electron chi connectivity index (χ0n) is 13.6. The number of phenols is 1. The van der Waals surface area contributed by atoms with Gasteiger partial charge in [0.1, 0.15) is 5.75 Å². The predicted molar refractivity (Wildman–Crippen MR) is 95.2 cm³/mol. The fourth-order valence-electron chi connectivity index (χ4n) is 4.02. The molecule has 0 spiro atoms. The topological polar surface area (TPSA) is 32.7 Å². The molecule has 0 amide bonds. The van der Waals surface area contributed by atoms with Crippen molar-refractivity contribution in [2.24, 2.45) is 0 Å². The van der Waals surface area contributed by atoms with Crippen LogP contribution in [0.15, 0.2) is 48.5 Å². The zero-order valence-corrected chi connectivity index (χ0v) is 14.3. The molecule has 0 aliphatic carbocycles. The second kappa shape index (κ2) is 6.75. The van der Waals surface area contributed by atoms with Crippen molar-refractivity contribution in [3.8, 4) is 5.75 Å². The monoisotopic (exact) mass is 343 g/mol. The van der Waals surface area contributed by atoms with Crippen LogP contribution < -0.4 is 0 Å². The van der Waals surface area contributed by atoms with E-state index in [9.17, 15) is 5.11 Å². The first-order valence-electron chi connectivity index (χ1n) is 8.63. The van der Waals surface area contributed by atoms with Gasteiger partial charge < -0.3 is 9.84 Å². The number of hydrogen-bond acceptors (Lipinski definition) is 3. The molecule has 2 aromatic rings. The summed E-state index contributed by atoms with van der Waals surface area (Å²) in [4.78, 5) is 2.47. The van der Waals surface area contributed by atoms with E-state index >= 15 is 0 Å². The Hall–Kier alpha value is -1.55. The minimum Gasteiger partial charge on any atom is -0.506 e. The summed E-state index contributed by atoms with van der Waals surface area (Å²) in [6, 6.07) is 16.4. The normalized spacial score (nSPS) is 27.1. The Morgan fingerprint density at radius 1 is 1.12 bits per heavy atom. The van der Waals surface area contributed by atoms with Crippen LogP contribution in [-0.4, -0.2) is 28.7 Å². The van der Waals surface area contributed by atoms with Crippen molar-refractivity contribution >= 4 is 11.6 Å². The lowest BCUT2D eigenvalue weighted by molar-refractivity contribution is -0.00569. The predicted octanol–water partition coefficient (Wildman–Crippen LogP) is 4.54. The third kappa shape index (κ3) is 3.04. The first-order valence-corrected chi connectivity index (χ1v) is 9.01. The van der Waals surface area contributed by atoms with E-state index in [0.29, 0.717) is 17.2 Å². The molecule has 0 aromatic heterocycles. The average Bonchev–Trinajstić information content (AvgIpc) is 3.05. The molecule has 1 N–H and O–H groups in total. The summed E-state index contributed by atoms with van der Waals surface area (Å²) in [6.07, 6.45) is 3.75. The highest BCUT2D eigenvalue weighted by Gasteiger charge is 2.41. The van der Waals surface area contributed by atoms with Crippen molar-refractivity contribution in [2.45, 2.75) is 44.1 Å². The van der Waals surface area contributed by atoms with Crippen LogP contribution in [0.2, 0.25) is 5.02 Å². The highest BCUT2D eigenvalue weighted by molar-refractivity contribution is 6.32. The van der Waals surface area contributed by atoms with Crippen LogP contribution in [0.4, 0.5) is 0 Å². The Morgan fingerprint density at radius 3 is 2.79 bits per heavy atom. The lowest BCUT2D eigenvalue weighted by Gasteiger charge is -2.36. The molecule has 3 nitrogen and oxygen atoms in total. The number of hydrogen-bond donors (Lipinski definition) is 1. The van der Waals surface area contributed by atoms with E-state index in [4.69, 9.17) is 16.3 Å². The van der Waals surface area contributed by atoms with Crippen molar-refractivity contribution in [1.82, 2.24) is 4.90 Å². The summed E-state index contributed by atoms with van der Waals surface area (Å²) in [6.45, 7) is 1.82.